The van der Waals surface area contributed by atoms with E-state index in [0.717, 1.165) is 13.0 Å². The molecule has 0 aromatic heterocycles. The summed E-state index contributed by atoms with van der Waals surface area (Å²) in [5.74, 6) is 0.637. The van der Waals surface area contributed by atoms with Crippen molar-refractivity contribution in [3.63, 3.8) is 0 Å². The van der Waals surface area contributed by atoms with Crippen molar-refractivity contribution in [2.45, 2.75) is 51.5 Å². The first-order chi connectivity index (χ1) is 8.74. The minimum atomic E-state index is 0.560. The molecule has 1 nitrogen and oxygen atoms in total. The van der Waals surface area contributed by atoms with Gasteiger partial charge in [0, 0.05) is 12.6 Å². The summed E-state index contributed by atoms with van der Waals surface area (Å²) in [5, 5.41) is 3.56. The number of hydrogen-bond donors (Lipinski definition) is 1. The molecule has 1 rings (SSSR count). The van der Waals surface area contributed by atoms with Crippen molar-refractivity contribution in [1.29, 1.82) is 0 Å². The molecular formula is C17H27N. The van der Waals surface area contributed by atoms with Crippen LogP contribution in [0.5, 0.6) is 0 Å². The van der Waals surface area contributed by atoms with E-state index in [0.29, 0.717) is 12.0 Å². The quantitative estimate of drug-likeness (QED) is 0.498. The molecule has 0 spiro atoms. The van der Waals surface area contributed by atoms with Gasteiger partial charge in [0.2, 0.25) is 0 Å². The van der Waals surface area contributed by atoms with Gasteiger partial charge in [-0.1, -0.05) is 56.7 Å². The van der Waals surface area contributed by atoms with Gasteiger partial charge in [-0.2, -0.15) is 0 Å². The van der Waals surface area contributed by atoms with E-state index in [9.17, 15) is 0 Å². The minimum Gasteiger partial charge on any atom is -0.314 e. The molecule has 1 aromatic carbocycles. The maximum absolute atomic E-state index is 3.78. The number of benzene rings is 1. The Morgan fingerprint density at radius 2 is 1.89 bits per heavy atom. The normalized spacial score (nSPS) is 12.6. The van der Waals surface area contributed by atoms with Gasteiger partial charge in [-0.3, -0.25) is 0 Å². The number of allylic oxidation sites excluding steroid dienone is 1. The zero-order valence-corrected chi connectivity index (χ0v) is 11.9. The van der Waals surface area contributed by atoms with Crippen LogP contribution < -0.4 is 5.32 Å². The van der Waals surface area contributed by atoms with Crippen LogP contribution in [0.25, 0.3) is 0 Å². The van der Waals surface area contributed by atoms with E-state index >= 15 is 0 Å². The minimum absolute atomic E-state index is 0.560. The molecule has 0 radical (unpaired) electrons. The molecule has 0 saturated carbocycles. The van der Waals surface area contributed by atoms with Crippen LogP contribution in [-0.2, 0) is 0 Å². The molecule has 1 N–H and O–H groups in total. The maximum atomic E-state index is 3.78. The summed E-state index contributed by atoms with van der Waals surface area (Å²) in [6.45, 7) is 9.28. The second kappa shape index (κ2) is 8.93. The Hall–Kier alpha value is -1.08. The Morgan fingerprint density at radius 1 is 1.17 bits per heavy atom. The third kappa shape index (κ3) is 6.02. The van der Waals surface area contributed by atoms with Gasteiger partial charge in [0.15, 0.2) is 0 Å². The molecule has 1 aromatic rings. The molecule has 0 aliphatic rings. The average molecular weight is 245 g/mol. The van der Waals surface area contributed by atoms with E-state index in [4.69, 9.17) is 0 Å². The van der Waals surface area contributed by atoms with E-state index in [2.05, 4.69) is 56.1 Å². The van der Waals surface area contributed by atoms with Crippen molar-refractivity contribution in [2.75, 3.05) is 6.54 Å². The van der Waals surface area contributed by atoms with Crippen molar-refractivity contribution in [1.82, 2.24) is 5.32 Å². The SMILES string of the molecule is C=CCCCCC(CNC(C)C)c1ccccc1. The lowest BCUT2D eigenvalue weighted by Gasteiger charge is -2.19. The number of rotatable bonds is 9. The largest absolute Gasteiger partial charge is 0.314 e. The smallest absolute Gasteiger partial charge is 0.00225 e. The predicted molar refractivity (Wildman–Crippen MR) is 81.0 cm³/mol. The summed E-state index contributed by atoms with van der Waals surface area (Å²) >= 11 is 0. The maximum Gasteiger partial charge on any atom is 0.00225 e. The van der Waals surface area contributed by atoms with Crippen LogP contribution in [0.15, 0.2) is 43.0 Å². The lowest BCUT2D eigenvalue weighted by molar-refractivity contribution is 0.492. The van der Waals surface area contributed by atoms with Crippen molar-refractivity contribution in [3.8, 4) is 0 Å². The van der Waals surface area contributed by atoms with E-state index < -0.39 is 0 Å². The summed E-state index contributed by atoms with van der Waals surface area (Å²) in [6.07, 6.45) is 6.96. The molecule has 100 valence electrons. The summed E-state index contributed by atoms with van der Waals surface area (Å²) in [6, 6.07) is 11.4. The standard InChI is InChI=1S/C17H27N/c1-4-5-6-8-13-17(14-18-15(2)3)16-11-9-7-10-12-16/h4,7,9-12,15,17-18H,1,5-6,8,13-14H2,2-3H3. The van der Waals surface area contributed by atoms with Gasteiger partial charge < -0.3 is 5.32 Å². The second-order valence-corrected chi connectivity index (χ2v) is 5.24. The molecule has 0 aliphatic carbocycles. The molecule has 0 fully saturated rings. The Bertz CT molecular complexity index is 316. The van der Waals surface area contributed by atoms with Gasteiger partial charge in [-0.15, -0.1) is 6.58 Å². The predicted octanol–water partition coefficient (Wildman–Crippen LogP) is 4.51. The summed E-state index contributed by atoms with van der Waals surface area (Å²) in [7, 11) is 0. The Balaban J connectivity index is 2.49. The van der Waals surface area contributed by atoms with E-state index in [1.807, 2.05) is 6.08 Å². The van der Waals surface area contributed by atoms with Crippen LogP contribution in [0, 0.1) is 0 Å². The van der Waals surface area contributed by atoms with Crippen molar-refractivity contribution in [2.24, 2.45) is 0 Å². The molecule has 0 aliphatic heterocycles. The first-order valence-electron chi connectivity index (χ1n) is 7.13. The third-order valence-corrected chi connectivity index (χ3v) is 3.25. The molecule has 1 heteroatoms. The summed E-state index contributed by atoms with van der Waals surface area (Å²) in [5.41, 5.74) is 1.46. The van der Waals surface area contributed by atoms with Gasteiger partial charge in [-0.05, 0) is 30.7 Å². The monoisotopic (exact) mass is 245 g/mol. The Morgan fingerprint density at radius 3 is 2.50 bits per heavy atom. The molecule has 1 atom stereocenters. The third-order valence-electron chi connectivity index (χ3n) is 3.25. The first kappa shape index (κ1) is 15.0. The van der Waals surface area contributed by atoms with Gasteiger partial charge in [0.05, 0.1) is 0 Å². The average Bonchev–Trinajstić information content (AvgIpc) is 2.38. The lowest BCUT2D eigenvalue weighted by Crippen LogP contribution is -2.28. The molecule has 0 saturated heterocycles. The molecule has 0 amide bonds. The van der Waals surface area contributed by atoms with E-state index in [1.165, 1.54) is 24.8 Å². The van der Waals surface area contributed by atoms with Gasteiger partial charge in [0.1, 0.15) is 0 Å². The Labute approximate surface area is 112 Å². The second-order valence-electron chi connectivity index (χ2n) is 5.24. The Kier molecular flexibility index (Phi) is 7.43. The highest BCUT2D eigenvalue weighted by molar-refractivity contribution is 5.19. The van der Waals surface area contributed by atoms with Crippen LogP contribution in [0.2, 0.25) is 0 Å². The fourth-order valence-electron chi connectivity index (χ4n) is 2.17. The van der Waals surface area contributed by atoms with Crippen LogP contribution >= 0.6 is 0 Å². The van der Waals surface area contributed by atoms with Crippen molar-refractivity contribution < 1.29 is 0 Å². The van der Waals surface area contributed by atoms with Crippen molar-refractivity contribution >= 4 is 0 Å². The molecule has 18 heavy (non-hydrogen) atoms. The van der Waals surface area contributed by atoms with E-state index in [1.54, 1.807) is 0 Å². The zero-order chi connectivity index (χ0) is 13.2. The van der Waals surface area contributed by atoms with Crippen LogP contribution in [0.4, 0.5) is 0 Å². The molecule has 1 unspecified atom stereocenters. The highest BCUT2D eigenvalue weighted by Gasteiger charge is 2.11. The highest BCUT2D eigenvalue weighted by atomic mass is 14.9. The number of unbranched alkanes of at least 4 members (excludes halogenated alkanes) is 2. The van der Waals surface area contributed by atoms with Crippen molar-refractivity contribution in [3.05, 3.63) is 48.6 Å². The number of nitrogens with one attached hydrogen (secondary N) is 1. The van der Waals surface area contributed by atoms with Gasteiger partial charge in [0.25, 0.3) is 0 Å². The fraction of sp³-hybridized carbons (Fsp3) is 0.529. The number of hydrogen-bond acceptors (Lipinski definition) is 1. The first-order valence-corrected chi connectivity index (χ1v) is 7.13. The van der Waals surface area contributed by atoms with Crippen LogP contribution in [0.1, 0.15) is 51.0 Å². The molecule has 0 heterocycles. The molecular weight excluding hydrogens is 218 g/mol. The van der Waals surface area contributed by atoms with Crippen LogP contribution in [0.3, 0.4) is 0 Å². The summed E-state index contributed by atoms with van der Waals surface area (Å²) < 4.78 is 0. The zero-order valence-electron chi connectivity index (χ0n) is 11.9. The van der Waals surface area contributed by atoms with Crippen LogP contribution in [-0.4, -0.2) is 12.6 Å². The van der Waals surface area contributed by atoms with E-state index in [-0.39, 0.29) is 0 Å². The summed E-state index contributed by atoms with van der Waals surface area (Å²) in [4.78, 5) is 0. The molecule has 0 bridgehead atoms. The van der Waals surface area contributed by atoms with Gasteiger partial charge in [-0.25, -0.2) is 0 Å². The topological polar surface area (TPSA) is 12.0 Å². The highest BCUT2D eigenvalue weighted by Crippen LogP contribution is 2.21. The van der Waals surface area contributed by atoms with Gasteiger partial charge >= 0.3 is 0 Å². The lowest BCUT2D eigenvalue weighted by atomic mass is 9.93. The fourth-order valence-corrected chi connectivity index (χ4v) is 2.17.